The van der Waals surface area contributed by atoms with Gasteiger partial charge in [0.25, 0.3) is 0 Å². The van der Waals surface area contributed by atoms with Gasteiger partial charge in [-0.3, -0.25) is 0 Å². The molecule has 1 aromatic heterocycles. The Morgan fingerprint density at radius 2 is 1.77 bits per heavy atom. The van der Waals surface area contributed by atoms with Crippen molar-refractivity contribution in [2.24, 2.45) is 0 Å². The molecule has 0 aliphatic rings. The van der Waals surface area contributed by atoms with Gasteiger partial charge in [0, 0.05) is 11.3 Å². The van der Waals surface area contributed by atoms with Crippen LogP contribution < -0.4 is 10.6 Å². The van der Waals surface area contributed by atoms with E-state index in [4.69, 9.17) is 10.6 Å². The van der Waals surface area contributed by atoms with Crippen LogP contribution in [0.2, 0.25) is 0 Å². The summed E-state index contributed by atoms with van der Waals surface area (Å²) in [6.07, 6.45) is -4.40. The van der Waals surface area contributed by atoms with Crippen LogP contribution >= 0.6 is 11.8 Å². The number of hydrogen-bond donors (Lipinski definition) is 1. The Kier molecular flexibility index (Phi) is 5.08. The molecule has 0 spiro atoms. The Balaban J connectivity index is 1.79. The lowest BCUT2D eigenvalue weighted by Gasteiger charge is -2.12. The number of benzene rings is 2. The van der Waals surface area contributed by atoms with E-state index in [9.17, 15) is 13.2 Å². The lowest BCUT2D eigenvalue weighted by molar-refractivity contribution is -0.138. The lowest BCUT2D eigenvalue weighted by atomic mass is 10.1. The Morgan fingerprint density at radius 3 is 2.42 bits per heavy atom. The largest absolute Gasteiger partial charge is 0.497 e. The van der Waals surface area contributed by atoms with Crippen molar-refractivity contribution >= 4 is 11.8 Å². The van der Waals surface area contributed by atoms with Gasteiger partial charge < -0.3 is 10.6 Å². The van der Waals surface area contributed by atoms with Gasteiger partial charge in [-0.1, -0.05) is 30.0 Å². The molecule has 136 valence electrons. The number of nitrogens with zero attached hydrogens (tertiary/aromatic N) is 3. The zero-order valence-electron chi connectivity index (χ0n) is 13.7. The van der Waals surface area contributed by atoms with E-state index in [-0.39, 0.29) is 11.3 Å². The van der Waals surface area contributed by atoms with Gasteiger partial charge in [-0.15, -0.1) is 10.2 Å². The van der Waals surface area contributed by atoms with E-state index in [1.54, 1.807) is 37.4 Å². The normalized spacial score (nSPS) is 11.5. The zero-order valence-corrected chi connectivity index (χ0v) is 14.5. The van der Waals surface area contributed by atoms with Gasteiger partial charge in [0.2, 0.25) is 5.16 Å². The summed E-state index contributed by atoms with van der Waals surface area (Å²) in [6, 6.07) is 12.5. The molecule has 0 saturated heterocycles. The third kappa shape index (κ3) is 3.77. The van der Waals surface area contributed by atoms with Crippen molar-refractivity contribution in [1.82, 2.24) is 14.9 Å². The zero-order chi connectivity index (χ0) is 18.7. The first-order valence-electron chi connectivity index (χ1n) is 7.53. The lowest BCUT2D eigenvalue weighted by Crippen LogP contribution is -2.12. The highest BCUT2D eigenvalue weighted by molar-refractivity contribution is 7.98. The van der Waals surface area contributed by atoms with Crippen molar-refractivity contribution in [2.75, 3.05) is 13.0 Å². The van der Waals surface area contributed by atoms with Crippen LogP contribution in [-0.2, 0) is 11.9 Å². The number of halogens is 3. The van der Waals surface area contributed by atoms with Gasteiger partial charge >= 0.3 is 6.18 Å². The number of nitrogens with two attached hydrogens (primary N) is 1. The second-order valence-corrected chi connectivity index (χ2v) is 6.29. The maximum absolute atomic E-state index is 13.1. The molecule has 0 aliphatic heterocycles. The highest BCUT2D eigenvalue weighted by atomic mass is 32.2. The topological polar surface area (TPSA) is 66.0 Å². The molecule has 1 heterocycles. The Labute approximate surface area is 152 Å². The van der Waals surface area contributed by atoms with Crippen molar-refractivity contribution in [3.05, 3.63) is 59.7 Å². The summed E-state index contributed by atoms with van der Waals surface area (Å²) in [6.45, 7) is 0. The van der Waals surface area contributed by atoms with Crippen LogP contribution in [0.1, 0.15) is 11.1 Å². The van der Waals surface area contributed by atoms with Crippen LogP contribution in [-0.4, -0.2) is 22.0 Å². The minimum Gasteiger partial charge on any atom is -0.497 e. The fourth-order valence-corrected chi connectivity index (χ4v) is 3.24. The second kappa shape index (κ2) is 7.28. The Hall–Kier alpha value is -2.68. The average molecular weight is 380 g/mol. The number of nitrogen functional groups attached to an aromatic ring is 1. The minimum atomic E-state index is -4.40. The molecule has 0 unspecified atom stereocenters. The van der Waals surface area contributed by atoms with Gasteiger partial charge in [0.15, 0.2) is 5.82 Å². The molecule has 0 saturated carbocycles. The minimum absolute atomic E-state index is 0.0770. The molecular weight excluding hydrogens is 365 g/mol. The standard InChI is InChI=1S/C17H15F3N4OS/c1-25-13-8-6-11(7-9-13)15-22-23-16(24(15)21)26-10-12-4-2-3-5-14(12)17(18,19)20/h2-9H,10,21H2,1H3. The van der Waals surface area contributed by atoms with Crippen molar-refractivity contribution < 1.29 is 17.9 Å². The van der Waals surface area contributed by atoms with Crippen molar-refractivity contribution in [3.8, 4) is 17.1 Å². The van der Waals surface area contributed by atoms with E-state index < -0.39 is 11.7 Å². The predicted molar refractivity (Wildman–Crippen MR) is 93.2 cm³/mol. The van der Waals surface area contributed by atoms with Crippen molar-refractivity contribution in [1.29, 1.82) is 0 Å². The monoisotopic (exact) mass is 380 g/mol. The summed E-state index contributed by atoms with van der Waals surface area (Å²) in [7, 11) is 1.56. The quantitative estimate of drug-likeness (QED) is 0.536. The predicted octanol–water partition coefficient (Wildman–Crippen LogP) is 3.98. The Bertz CT molecular complexity index is 894. The number of rotatable bonds is 5. The molecule has 0 bridgehead atoms. The number of thioether (sulfide) groups is 1. The molecule has 9 heteroatoms. The van der Waals surface area contributed by atoms with Gasteiger partial charge in [-0.2, -0.15) is 13.2 Å². The molecular formula is C17H15F3N4OS. The summed E-state index contributed by atoms with van der Waals surface area (Å²) in [4.78, 5) is 0. The first-order valence-corrected chi connectivity index (χ1v) is 8.51. The first kappa shape index (κ1) is 18.1. The van der Waals surface area contributed by atoms with Crippen LogP contribution in [0, 0.1) is 0 Å². The molecule has 0 amide bonds. The van der Waals surface area contributed by atoms with Gasteiger partial charge in [0.1, 0.15) is 5.75 Å². The number of ether oxygens (including phenoxy) is 1. The van der Waals surface area contributed by atoms with Gasteiger partial charge in [-0.25, -0.2) is 4.68 Å². The summed E-state index contributed by atoms with van der Waals surface area (Å²) >= 11 is 1.09. The smallest absolute Gasteiger partial charge is 0.416 e. The molecule has 0 atom stereocenters. The summed E-state index contributed by atoms with van der Waals surface area (Å²) in [5.41, 5.74) is 0.230. The highest BCUT2D eigenvalue weighted by Crippen LogP contribution is 2.34. The molecule has 3 aromatic rings. The number of aromatic nitrogens is 3. The number of hydrogen-bond acceptors (Lipinski definition) is 5. The maximum atomic E-state index is 13.1. The SMILES string of the molecule is COc1ccc(-c2nnc(SCc3ccccc3C(F)(F)F)n2N)cc1. The highest BCUT2D eigenvalue weighted by Gasteiger charge is 2.32. The molecule has 0 radical (unpaired) electrons. The molecule has 2 N–H and O–H groups in total. The van der Waals surface area contributed by atoms with E-state index in [1.807, 2.05) is 0 Å². The van der Waals surface area contributed by atoms with E-state index >= 15 is 0 Å². The number of methoxy groups -OCH3 is 1. The third-order valence-corrected chi connectivity index (χ3v) is 4.68. The summed E-state index contributed by atoms with van der Waals surface area (Å²) < 4.78 is 45.6. The van der Waals surface area contributed by atoms with E-state index in [1.165, 1.54) is 16.8 Å². The van der Waals surface area contributed by atoms with Crippen molar-refractivity contribution in [2.45, 2.75) is 17.1 Å². The van der Waals surface area contributed by atoms with Crippen molar-refractivity contribution in [3.63, 3.8) is 0 Å². The molecule has 0 aliphatic carbocycles. The van der Waals surface area contributed by atoms with Gasteiger partial charge in [-0.05, 0) is 35.9 Å². The molecule has 0 fully saturated rings. The third-order valence-electron chi connectivity index (χ3n) is 3.69. The molecule has 3 rings (SSSR count). The van der Waals surface area contributed by atoms with E-state index in [2.05, 4.69) is 10.2 Å². The fourth-order valence-electron chi connectivity index (χ4n) is 2.38. The maximum Gasteiger partial charge on any atom is 0.416 e. The van der Waals surface area contributed by atoms with E-state index in [0.29, 0.717) is 16.7 Å². The number of alkyl halides is 3. The van der Waals surface area contributed by atoms with Crippen LogP contribution in [0.15, 0.2) is 53.7 Å². The first-order chi connectivity index (χ1) is 12.4. The Morgan fingerprint density at radius 1 is 1.08 bits per heavy atom. The summed E-state index contributed by atoms with van der Waals surface area (Å²) in [5, 5.41) is 8.34. The molecule has 26 heavy (non-hydrogen) atoms. The van der Waals surface area contributed by atoms with Crippen LogP contribution in [0.5, 0.6) is 5.75 Å². The van der Waals surface area contributed by atoms with Crippen LogP contribution in [0.25, 0.3) is 11.4 Å². The van der Waals surface area contributed by atoms with Gasteiger partial charge in [0.05, 0.1) is 12.7 Å². The van der Waals surface area contributed by atoms with E-state index in [0.717, 1.165) is 23.4 Å². The van der Waals surface area contributed by atoms with Crippen LogP contribution in [0.3, 0.4) is 0 Å². The average Bonchev–Trinajstić information content (AvgIpc) is 3.00. The second-order valence-electron chi connectivity index (χ2n) is 5.35. The molecule has 5 nitrogen and oxygen atoms in total. The summed E-state index contributed by atoms with van der Waals surface area (Å²) in [5.74, 6) is 7.19. The fraction of sp³-hybridized carbons (Fsp3) is 0.176. The molecule has 2 aromatic carbocycles. The van der Waals surface area contributed by atoms with Crippen LogP contribution in [0.4, 0.5) is 13.2 Å².